The lowest BCUT2D eigenvalue weighted by Gasteiger charge is -2.12. The fourth-order valence-electron chi connectivity index (χ4n) is 3.30. The number of hydrogen-bond donors (Lipinski definition) is 1. The van der Waals surface area contributed by atoms with Crippen molar-refractivity contribution in [2.45, 2.75) is 19.9 Å². The Labute approximate surface area is 180 Å². The average Bonchev–Trinajstić information content (AvgIpc) is 3.19. The maximum atomic E-state index is 14.7. The van der Waals surface area contributed by atoms with Crippen molar-refractivity contribution < 1.29 is 18.4 Å². The fraction of sp³-hybridized carbons (Fsp3) is 0.190. The molecule has 164 valence electrons. The third kappa shape index (κ3) is 3.80. The van der Waals surface area contributed by atoms with Gasteiger partial charge in [-0.2, -0.15) is 4.39 Å². The molecule has 4 rings (SSSR count). The van der Waals surface area contributed by atoms with E-state index in [0.717, 1.165) is 12.1 Å². The number of nitrogens with one attached hydrogen (secondary N) is 1. The van der Waals surface area contributed by atoms with Crippen molar-refractivity contribution in [3.05, 3.63) is 64.6 Å². The maximum absolute atomic E-state index is 14.7. The van der Waals surface area contributed by atoms with Crippen LogP contribution in [0.4, 0.5) is 26.1 Å². The Kier molecular flexibility index (Phi) is 5.39. The molecule has 32 heavy (non-hydrogen) atoms. The SMILES string of the molecule is COc1cc(F)c([N+](=O)[O-])cc1Nc1nccc(-c2cc(F)c3ncn(C(C)C)c3c2)n1. The Morgan fingerprint density at radius 3 is 2.62 bits per heavy atom. The van der Waals surface area contributed by atoms with E-state index in [0.29, 0.717) is 16.8 Å². The van der Waals surface area contributed by atoms with Crippen LogP contribution >= 0.6 is 0 Å². The van der Waals surface area contributed by atoms with Crippen LogP contribution in [0.3, 0.4) is 0 Å². The Hall–Kier alpha value is -4.15. The van der Waals surface area contributed by atoms with Gasteiger partial charge in [-0.15, -0.1) is 0 Å². The molecule has 0 aliphatic rings. The summed E-state index contributed by atoms with van der Waals surface area (Å²) in [7, 11) is 1.30. The van der Waals surface area contributed by atoms with Crippen LogP contribution in [0.1, 0.15) is 19.9 Å². The largest absolute Gasteiger partial charge is 0.494 e. The van der Waals surface area contributed by atoms with Crippen LogP contribution in [0.15, 0.2) is 42.9 Å². The number of nitro groups is 1. The van der Waals surface area contributed by atoms with Crippen LogP contribution in [-0.2, 0) is 0 Å². The number of hydrogen-bond acceptors (Lipinski definition) is 7. The maximum Gasteiger partial charge on any atom is 0.307 e. The summed E-state index contributed by atoms with van der Waals surface area (Å²) >= 11 is 0. The summed E-state index contributed by atoms with van der Waals surface area (Å²) < 4.78 is 35.5. The van der Waals surface area contributed by atoms with Crippen LogP contribution in [0, 0.1) is 21.7 Å². The number of aromatic nitrogens is 4. The number of rotatable bonds is 6. The van der Waals surface area contributed by atoms with Crippen molar-refractivity contribution in [2.24, 2.45) is 0 Å². The lowest BCUT2D eigenvalue weighted by Crippen LogP contribution is -2.03. The number of methoxy groups -OCH3 is 1. The molecule has 0 spiro atoms. The van der Waals surface area contributed by atoms with Crippen LogP contribution in [0.2, 0.25) is 0 Å². The first-order valence-electron chi connectivity index (χ1n) is 9.57. The van der Waals surface area contributed by atoms with Crippen LogP contribution in [-0.4, -0.2) is 31.6 Å². The van der Waals surface area contributed by atoms with E-state index in [9.17, 15) is 18.9 Å². The number of nitrogens with zero attached hydrogens (tertiary/aromatic N) is 5. The van der Waals surface area contributed by atoms with Gasteiger partial charge in [0.1, 0.15) is 11.3 Å². The molecule has 0 saturated heterocycles. The number of benzene rings is 2. The smallest absolute Gasteiger partial charge is 0.307 e. The van der Waals surface area contributed by atoms with E-state index in [1.165, 1.54) is 19.4 Å². The number of anilines is 2. The van der Waals surface area contributed by atoms with Gasteiger partial charge in [-0.3, -0.25) is 10.1 Å². The van der Waals surface area contributed by atoms with Gasteiger partial charge in [0.2, 0.25) is 11.8 Å². The molecule has 0 aliphatic carbocycles. The topological polar surface area (TPSA) is 108 Å². The zero-order chi connectivity index (χ0) is 23.0. The summed E-state index contributed by atoms with van der Waals surface area (Å²) in [5, 5.41) is 13.9. The molecule has 0 saturated carbocycles. The molecule has 0 aliphatic heterocycles. The fourth-order valence-corrected chi connectivity index (χ4v) is 3.30. The van der Waals surface area contributed by atoms with E-state index in [1.807, 2.05) is 18.4 Å². The van der Waals surface area contributed by atoms with Gasteiger partial charge in [0.15, 0.2) is 5.82 Å². The zero-order valence-corrected chi connectivity index (χ0v) is 17.3. The molecular weight excluding hydrogens is 422 g/mol. The minimum Gasteiger partial charge on any atom is -0.494 e. The quantitative estimate of drug-likeness (QED) is 0.331. The van der Waals surface area contributed by atoms with E-state index < -0.39 is 22.2 Å². The number of halogens is 2. The molecule has 0 unspecified atom stereocenters. The Bertz CT molecular complexity index is 1340. The molecule has 2 aromatic heterocycles. The van der Waals surface area contributed by atoms with Gasteiger partial charge in [-0.1, -0.05) is 0 Å². The van der Waals surface area contributed by atoms with Gasteiger partial charge in [0, 0.05) is 29.9 Å². The Morgan fingerprint density at radius 1 is 1.16 bits per heavy atom. The van der Waals surface area contributed by atoms with E-state index in [1.54, 1.807) is 18.5 Å². The Morgan fingerprint density at radius 2 is 1.94 bits per heavy atom. The molecule has 4 aromatic rings. The molecule has 2 aromatic carbocycles. The highest BCUT2D eigenvalue weighted by Crippen LogP contribution is 2.34. The van der Waals surface area contributed by atoms with Crippen molar-refractivity contribution in [2.75, 3.05) is 12.4 Å². The molecule has 0 atom stereocenters. The monoisotopic (exact) mass is 440 g/mol. The minimum atomic E-state index is -1.03. The van der Waals surface area contributed by atoms with Gasteiger partial charge >= 0.3 is 5.69 Å². The van der Waals surface area contributed by atoms with Gasteiger partial charge in [-0.25, -0.2) is 19.3 Å². The van der Waals surface area contributed by atoms with Gasteiger partial charge in [0.25, 0.3) is 0 Å². The van der Waals surface area contributed by atoms with Crippen LogP contribution in [0.5, 0.6) is 5.75 Å². The highest BCUT2D eigenvalue weighted by atomic mass is 19.1. The van der Waals surface area contributed by atoms with E-state index >= 15 is 0 Å². The van der Waals surface area contributed by atoms with E-state index in [4.69, 9.17) is 4.74 Å². The third-order valence-corrected chi connectivity index (χ3v) is 4.85. The lowest BCUT2D eigenvalue weighted by molar-refractivity contribution is -0.387. The third-order valence-electron chi connectivity index (χ3n) is 4.85. The van der Waals surface area contributed by atoms with Crippen LogP contribution < -0.4 is 10.1 Å². The molecule has 2 heterocycles. The van der Waals surface area contributed by atoms with Crippen molar-refractivity contribution >= 4 is 28.4 Å². The normalized spacial score (nSPS) is 11.2. The first kappa shape index (κ1) is 21.1. The number of fused-ring (bicyclic) bond motifs is 1. The molecule has 0 bridgehead atoms. The molecule has 1 N–H and O–H groups in total. The second-order valence-electron chi connectivity index (χ2n) is 7.22. The van der Waals surface area contributed by atoms with E-state index in [2.05, 4.69) is 20.3 Å². The molecular formula is C21H18F2N6O3. The van der Waals surface area contributed by atoms with Crippen molar-refractivity contribution in [3.63, 3.8) is 0 Å². The summed E-state index contributed by atoms with van der Waals surface area (Å²) in [4.78, 5) is 22.9. The second kappa shape index (κ2) is 8.17. The van der Waals surface area contributed by atoms with Crippen molar-refractivity contribution in [1.82, 2.24) is 19.5 Å². The second-order valence-corrected chi connectivity index (χ2v) is 7.22. The first-order chi connectivity index (χ1) is 15.3. The minimum absolute atomic E-state index is 0.0374. The van der Waals surface area contributed by atoms with Gasteiger partial charge < -0.3 is 14.6 Å². The van der Waals surface area contributed by atoms with Crippen molar-refractivity contribution in [3.8, 4) is 17.0 Å². The molecule has 0 radical (unpaired) electrons. The summed E-state index contributed by atoms with van der Waals surface area (Å²) in [6, 6.07) is 6.69. The van der Waals surface area contributed by atoms with Gasteiger partial charge in [-0.05, 0) is 32.0 Å². The predicted molar refractivity (Wildman–Crippen MR) is 114 cm³/mol. The standard InChI is InChI=1S/C21H18F2N6O3/c1-11(2)28-10-25-20-14(23)6-12(7-18(20)28)15-4-5-24-21(26-15)27-16-9-17(29(30)31)13(22)8-19(16)32-3/h4-11H,1-3H3,(H,24,26,27). The molecule has 0 amide bonds. The zero-order valence-electron chi connectivity index (χ0n) is 17.3. The number of nitro benzene ring substituents is 1. The van der Waals surface area contributed by atoms with Crippen molar-refractivity contribution in [1.29, 1.82) is 0 Å². The molecule has 0 fully saturated rings. The van der Waals surface area contributed by atoms with Gasteiger partial charge in [0.05, 0.1) is 35.3 Å². The predicted octanol–water partition coefficient (Wildman–Crippen LogP) is 5.01. The summed E-state index contributed by atoms with van der Waals surface area (Å²) in [5.74, 6) is -1.41. The Balaban J connectivity index is 1.75. The summed E-state index contributed by atoms with van der Waals surface area (Å²) in [5.41, 5.74) is 1.18. The summed E-state index contributed by atoms with van der Waals surface area (Å²) in [6.07, 6.45) is 3.04. The molecule has 11 heteroatoms. The highest BCUT2D eigenvalue weighted by Gasteiger charge is 2.20. The number of imidazole rings is 1. The van der Waals surface area contributed by atoms with E-state index in [-0.39, 0.29) is 28.9 Å². The molecule has 9 nitrogen and oxygen atoms in total. The van der Waals surface area contributed by atoms with Crippen LogP contribution in [0.25, 0.3) is 22.3 Å². The average molecular weight is 440 g/mol. The number of ether oxygens (including phenoxy) is 1. The highest BCUT2D eigenvalue weighted by molar-refractivity contribution is 5.82. The first-order valence-corrected chi connectivity index (χ1v) is 9.57. The summed E-state index contributed by atoms with van der Waals surface area (Å²) in [6.45, 7) is 3.93. The lowest BCUT2D eigenvalue weighted by atomic mass is 10.1.